The minimum Gasteiger partial charge on any atom is -0.393 e. The zero-order chi connectivity index (χ0) is 27.9. The van der Waals surface area contributed by atoms with Gasteiger partial charge in [-0.25, -0.2) is 0 Å². The minimum atomic E-state index is -0.365. The van der Waals surface area contributed by atoms with Crippen molar-refractivity contribution in [3.8, 4) is 0 Å². The molecule has 4 rings (SSSR count). The smallest absolute Gasteiger partial charge is 0.220 e. The molecule has 5 unspecified atom stereocenters. The Hall–Kier alpha value is -0.690. The number of hydrogen-bond acceptors (Lipinski definition) is 4. The molecule has 0 aliphatic heterocycles. The summed E-state index contributed by atoms with van der Waals surface area (Å²) in [4.78, 5) is 12.7. The van der Waals surface area contributed by atoms with E-state index in [0.29, 0.717) is 36.0 Å². The normalized spacial score (nSPS) is 43.6. The number of unbranched alkanes of at least 4 members (excludes halogenated alkanes) is 1. The molecule has 4 saturated carbocycles. The standard InChI is InChI=1S/C32H58N2O4/c1-7-8-16-34(5,6)17-15-33-29(38)12-9-21(2)24-10-11-25-30-26(20-28(37)32(24,25)4)31(3)14-13-23(35)18-22(31)19-27(30)36/h21-28,30,35-37H,7-20H2,1-6H3/p+1/t21-,22?,23-,24-,25?,26?,27?,28+,30?,31+,32-/m1/s1. The van der Waals surface area contributed by atoms with E-state index in [4.69, 9.17) is 0 Å². The van der Waals surface area contributed by atoms with Crippen molar-refractivity contribution >= 4 is 5.91 Å². The molecule has 6 nitrogen and oxygen atoms in total. The van der Waals surface area contributed by atoms with Gasteiger partial charge in [0.1, 0.15) is 0 Å². The summed E-state index contributed by atoms with van der Waals surface area (Å²) < 4.78 is 0.943. The largest absolute Gasteiger partial charge is 0.393 e. The average Bonchev–Trinajstić information content (AvgIpc) is 3.21. The van der Waals surface area contributed by atoms with E-state index < -0.39 is 0 Å². The molecule has 0 saturated heterocycles. The van der Waals surface area contributed by atoms with Crippen molar-refractivity contribution in [3.05, 3.63) is 0 Å². The molecule has 0 spiro atoms. The van der Waals surface area contributed by atoms with Crippen molar-refractivity contribution in [2.24, 2.45) is 46.3 Å². The number of amides is 1. The molecule has 0 aromatic carbocycles. The molecular formula is C32H59N2O4+. The van der Waals surface area contributed by atoms with Gasteiger partial charge in [-0.2, -0.15) is 0 Å². The third-order valence-corrected chi connectivity index (χ3v) is 12.5. The van der Waals surface area contributed by atoms with Crippen LogP contribution >= 0.6 is 0 Å². The highest BCUT2D eigenvalue weighted by Gasteiger charge is 2.65. The van der Waals surface area contributed by atoms with Gasteiger partial charge in [0.15, 0.2) is 0 Å². The molecule has 11 atom stereocenters. The SMILES string of the molecule is CCCC[N+](C)(C)CCNC(=O)CC[C@@H](C)[C@H]1CCC2C3C(O)CC4C[C@H](O)CC[C@]4(C)C3C[C@H](O)[C@@]21C. The van der Waals surface area contributed by atoms with Gasteiger partial charge in [-0.15, -0.1) is 0 Å². The summed E-state index contributed by atoms with van der Waals surface area (Å²) in [5, 5.41) is 36.7. The van der Waals surface area contributed by atoms with E-state index in [1.54, 1.807) is 0 Å². The average molecular weight is 536 g/mol. The van der Waals surface area contributed by atoms with Crippen LogP contribution in [0.15, 0.2) is 0 Å². The Balaban J connectivity index is 1.35. The maximum Gasteiger partial charge on any atom is 0.220 e. The van der Waals surface area contributed by atoms with Crippen molar-refractivity contribution in [3.63, 3.8) is 0 Å². The number of rotatable bonds is 10. The van der Waals surface area contributed by atoms with Gasteiger partial charge >= 0.3 is 0 Å². The first-order valence-electron chi connectivity index (χ1n) is 16.0. The summed E-state index contributed by atoms with van der Waals surface area (Å²) in [6, 6.07) is 0. The van der Waals surface area contributed by atoms with Crippen LogP contribution in [0.2, 0.25) is 0 Å². The Labute approximate surface area is 232 Å². The molecule has 0 aromatic rings. The fourth-order valence-electron chi connectivity index (χ4n) is 9.98. The van der Waals surface area contributed by atoms with E-state index in [1.165, 1.54) is 12.8 Å². The van der Waals surface area contributed by atoms with Gasteiger partial charge in [-0.3, -0.25) is 4.79 Å². The number of nitrogens with zero attached hydrogens (tertiary/aromatic N) is 1. The van der Waals surface area contributed by atoms with Gasteiger partial charge in [-0.05, 0) is 104 Å². The molecule has 0 aromatic heterocycles. The molecule has 220 valence electrons. The van der Waals surface area contributed by atoms with Gasteiger partial charge in [0, 0.05) is 6.42 Å². The number of carbonyl (C=O) groups is 1. The van der Waals surface area contributed by atoms with E-state index >= 15 is 0 Å². The predicted molar refractivity (Wildman–Crippen MR) is 152 cm³/mol. The highest BCUT2D eigenvalue weighted by molar-refractivity contribution is 5.75. The fraction of sp³-hybridized carbons (Fsp3) is 0.969. The van der Waals surface area contributed by atoms with Crippen LogP contribution in [0.25, 0.3) is 0 Å². The van der Waals surface area contributed by atoms with Crippen LogP contribution < -0.4 is 5.32 Å². The van der Waals surface area contributed by atoms with Crippen LogP contribution in [0, 0.1) is 46.3 Å². The number of hydrogen-bond donors (Lipinski definition) is 4. The molecule has 38 heavy (non-hydrogen) atoms. The fourth-order valence-corrected chi connectivity index (χ4v) is 9.98. The molecule has 4 aliphatic carbocycles. The lowest BCUT2D eigenvalue weighted by molar-refractivity contribution is -0.889. The van der Waals surface area contributed by atoms with Crippen LogP contribution in [-0.4, -0.2) is 77.8 Å². The second kappa shape index (κ2) is 11.7. The molecule has 4 aliphatic rings. The topological polar surface area (TPSA) is 89.8 Å². The Morgan fingerprint density at radius 3 is 2.47 bits per heavy atom. The summed E-state index contributed by atoms with van der Waals surface area (Å²) >= 11 is 0. The van der Waals surface area contributed by atoms with Gasteiger partial charge in [0.25, 0.3) is 0 Å². The summed E-state index contributed by atoms with van der Waals surface area (Å²) in [7, 11) is 4.48. The van der Waals surface area contributed by atoms with E-state index in [-0.39, 0.29) is 41.0 Å². The van der Waals surface area contributed by atoms with Gasteiger partial charge in [0.05, 0.1) is 52.0 Å². The molecular weight excluding hydrogens is 476 g/mol. The van der Waals surface area contributed by atoms with Crippen LogP contribution in [0.3, 0.4) is 0 Å². The van der Waals surface area contributed by atoms with Crippen LogP contribution in [0.1, 0.15) is 98.3 Å². The van der Waals surface area contributed by atoms with Crippen molar-refractivity contribution in [1.29, 1.82) is 0 Å². The maximum atomic E-state index is 12.7. The number of likely N-dealkylation sites (N-methyl/N-ethyl adjacent to an activating group) is 1. The number of aliphatic hydroxyl groups is 3. The zero-order valence-corrected chi connectivity index (χ0v) is 25.3. The van der Waals surface area contributed by atoms with Crippen LogP contribution in [-0.2, 0) is 4.79 Å². The minimum absolute atomic E-state index is 0.108. The highest BCUT2D eigenvalue weighted by atomic mass is 16.3. The Morgan fingerprint density at radius 2 is 1.76 bits per heavy atom. The maximum absolute atomic E-state index is 12.7. The number of quaternary nitrogens is 1. The molecule has 1 amide bonds. The van der Waals surface area contributed by atoms with Gasteiger partial charge in [0.2, 0.25) is 5.91 Å². The van der Waals surface area contributed by atoms with Crippen molar-refractivity contribution in [2.75, 3.05) is 33.7 Å². The lowest BCUT2D eigenvalue weighted by Crippen LogP contribution is -2.62. The number of aliphatic hydroxyl groups excluding tert-OH is 3. The first-order valence-corrected chi connectivity index (χ1v) is 16.0. The number of fused-ring (bicyclic) bond motifs is 5. The zero-order valence-electron chi connectivity index (χ0n) is 25.3. The monoisotopic (exact) mass is 535 g/mol. The van der Waals surface area contributed by atoms with Crippen molar-refractivity contribution in [1.82, 2.24) is 5.32 Å². The first kappa shape index (κ1) is 30.3. The van der Waals surface area contributed by atoms with Crippen LogP contribution in [0.5, 0.6) is 0 Å². The Kier molecular flexibility index (Phi) is 9.29. The van der Waals surface area contributed by atoms with Crippen LogP contribution in [0.4, 0.5) is 0 Å². The van der Waals surface area contributed by atoms with E-state index in [1.807, 2.05) is 0 Å². The summed E-state index contributed by atoms with van der Waals surface area (Å²) in [6.45, 7) is 12.0. The molecule has 6 heteroatoms. The van der Waals surface area contributed by atoms with Crippen molar-refractivity contribution in [2.45, 2.75) is 117 Å². The van der Waals surface area contributed by atoms with E-state index in [0.717, 1.165) is 75.5 Å². The number of nitrogens with one attached hydrogen (secondary N) is 1. The Morgan fingerprint density at radius 1 is 1.03 bits per heavy atom. The summed E-state index contributed by atoms with van der Waals surface area (Å²) in [5.74, 6) is 2.16. The summed E-state index contributed by atoms with van der Waals surface area (Å²) in [6.07, 6.45) is 9.26. The lowest BCUT2D eigenvalue weighted by Gasteiger charge is -2.63. The molecule has 4 N–H and O–H groups in total. The van der Waals surface area contributed by atoms with Crippen molar-refractivity contribution < 1.29 is 24.6 Å². The van der Waals surface area contributed by atoms with E-state index in [9.17, 15) is 20.1 Å². The number of carbonyl (C=O) groups excluding carboxylic acids is 1. The molecule has 0 radical (unpaired) electrons. The van der Waals surface area contributed by atoms with Gasteiger partial charge in [-0.1, -0.05) is 34.1 Å². The Bertz CT molecular complexity index is 819. The first-order chi connectivity index (χ1) is 17.8. The third-order valence-electron chi connectivity index (χ3n) is 12.5. The third kappa shape index (κ3) is 5.71. The second-order valence-electron chi connectivity index (χ2n) is 15.1. The predicted octanol–water partition coefficient (Wildman–Crippen LogP) is 4.36. The molecule has 0 bridgehead atoms. The molecule has 0 heterocycles. The van der Waals surface area contributed by atoms with Gasteiger partial charge < -0.3 is 25.1 Å². The summed E-state index contributed by atoms with van der Waals surface area (Å²) in [5.41, 5.74) is -0.0900. The second-order valence-corrected chi connectivity index (χ2v) is 15.1. The molecule has 4 fully saturated rings. The quantitative estimate of drug-likeness (QED) is 0.313. The lowest BCUT2D eigenvalue weighted by atomic mass is 9.43. The van der Waals surface area contributed by atoms with E-state index in [2.05, 4.69) is 47.1 Å². The highest BCUT2D eigenvalue weighted by Crippen LogP contribution is 2.68.